The van der Waals surface area contributed by atoms with E-state index in [4.69, 9.17) is 0 Å². The zero-order valence-electron chi connectivity index (χ0n) is 8.84. The number of alkyl halides is 1. The summed E-state index contributed by atoms with van der Waals surface area (Å²) < 4.78 is 19.1. The Morgan fingerprint density at radius 1 is 1.56 bits per heavy atom. The molecule has 16 heavy (non-hydrogen) atoms. The molecule has 88 valence electrons. The Balaban J connectivity index is 3.23. The van der Waals surface area contributed by atoms with Crippen LogP contribution >= 0.6 is 0 Å². The minimum Gasteiger partial charge on any atom is -0.462 e. The number of esters is 1. The number of carbonyl (C=O) groups excluding carboxylic acids is 1. The molecule has 0 aliphatic heterocycles. The number of hydrogen-bond acceptors (Lipinski definition) is 4. The summed E-state index contributed by atoms with van der Waals surface area (Å²) in [4.78, 5) is 33.7. The standard InChI is InChI=1S/C9H11FN2O4/c1-3-16-8(14)7(10)12-6(13)4-5-11(2)9(12)15/h4-5,7H,3H2,1-2H3. The number of aromatic nitrogens is 2. The fraction of sp³-hybridized carbons (Fsp3) is 0.444. The maximum Gasteiger partial charge on any atom is 0.362 e. The third kappa shape index (κ3) is 2.18. The van der Waals surface area contributed by atoms with Gasteiger partial charge in [0, 0.05) is 19.3 Å². The van der Waals surface area contributed by atoms with Crippen molar-refractivity contribution in [2.75, 3.05) is 6.61 Å². The molecule has 0 N–H and O–H groups in total. The molecule has 1 aromatic rings. The lowest BCUT2D eigenvalue weighted by Crippen LogP contribution is -2.42. The second-order valence-electron chi connectivity index (χ2n) is 3.01. The lowest BCUT2D eigenvalue weighted by molar-refractivity contribution is -0.153. The summed E-state index contributed by atoms with van der Waals surface area (Å²) in [6.45, 7) is 1.47. The molecule has 7 heteroatoms. The van der Waals surface area contributed by atoms with Crippen LogP contribution < -0.4 is 11.2 Å². The van der Waals surface area contributed by atoms with Crippen LogP contribution in [0.4, 0.5) is 4.39 Å². The minimum atomic E-state index is -2.41. The van der Waals surface area contributed by atoms with Crippen molar-refractivity contribution >= 4 is 5.97 Å². The fourth-order valence-corrected chi connectivity index (χ4v) is 1.11. The number of nitrogens with zero attached hydrogens (tertiary/aromatic N) is 2. The van der Waals surface area contributed by atoms with Gasteiger partial charge in [0.05, 0.1) is 6.61 Å². The van der Waals surface area contributed by atoms with Gasteiger partial charge in [-0.15, -0.1) is 0 Å². The molecule has 0 aliphatic carbocycles. The second-order valence-corrected chi connectivity index (χ2v) is 3.01. The van der Waals surface area contributed by atoms with E-state index in [-0.39, 0.29) is 11.2 Å². The third-order valence-corrected chi connectivity index (χ3v) is 1.89. The number of aryl methyl sites for hydroxylation is 1. The van der Waals surface area contributed by atoms with E-state index in [0.717, 1.165) is 10.6 Å². The molecule has 1 heterocycles. The quantitative estimate of drug-likeness (QED) is 0.661. The number of hydrogen-bond donors (Lipinski definition) is 0. The van der Waals surface area contributed by atoms with E-state index in [1.54, 1.807) is 0 Å². The highest BCUT2D eigenvalue weighted by molar-refractivity contribution is 5.72. The van der Waals surface area contributed by atoms with Crippen LogP contribution in [0.3, 0.4) is 0 Å². The minimum absolute atomic E-state index is 0.0266. The molecular weight excluding hydrogens is 219 g/mol. The number of ether oxygens (including phenoxy) is 1. The van der Waals surface area contributed by atoms with Gasteiger partial charge < -0.3 is 9.30 Å². The van der Waals surface area contributed by atoms with Crippen molar-refractivity contribution in [1.29, 1.82) is 0 Å². The van der Waals surface area contributed by atoms with Crippen molar-refractivity contribution < 1.29 is 13.9 Å². The Bertz CT molecular complexity index is 505. The molecule has 0 amide bonds. The van der Waals surface area contributed by atoms with Crippen LogP contribution in [0.25, 0.3) is 0 Å². The van der Waals surface area contributed by atoms with Crippen molar-refractivity contribution in [3.63, 3.8) is 0 Å². The van der Waals surface area contributed by atoms with Crippen molar-refractivity contribution in [2.45, 2.75) is 13.2 Å². The van der Waals surface area contributed by atoms with E-state index < -0.39 is 23.5 Å². The van der Waals surface area contributed by atoms with E-state index in [2.05, 4.69) is 4.74 Å². The Labute approximate surface area is 89.9 Å². The average Bonchev–Trinajstić information content (AvgIpc) is 2.24. The van der Waals surface area contributed by atoms with E-state index in [9.17, 15) is 18.8 Å². The first-order valence-corrected chi connectivity index (χ1v) is 4.58. The zero-order valence-corrected chi connectivity index (χ0v) is 8.84. The normalized spacial score (nSPS) is 12.2. The van der Waals surface area contributed by atoms with Crippen molar-refractivity contribution in [3.05, 3.63) is 33.1 Å². The number of rotatable bonds is 3. The van der Waals surface area contributed by atoms with Gasteiger partial charge in [0.25, 0.3) is 11.9 Å². The van der Waals surface area contributed by atoms with E-state index >= 15 is 0 Å². The molecule has 0 spiro atoms. The number of carbonyl (C=O) groups is 1. The first-order chi connectivity index (χ1) is 7.49. The fourth-order valence-electron chi connectivity index (χ4n) is 1.11. The molecule has 0 saturated carbocycles. The summed E-state index contributed by atoms with van der Waals surface area (Å²) in [5, 5.41) is 0. The van der Waals surface area contributed by atoms with Gasteiger partial charge in [0.2, 0.25) is 0 Å². The van der Waals surface area contributed by atoms with Crippen LogP contribution in [0.5, 0.6) is 0 Å². The molecule has 0 aromatic carbocycles. The van der Waals surface area contributed by atoms with Crippen LogP contribution in [0, 0.1) is 0 Å². The molecule has 6 nitrogen and oxygen atoms in total. The van der Waals surface area contributed by atoms with Gasteiger partial charge in [-0.1, -0.05) is 0 Å². The highest BCUT2D eigenvalue weighted by Gasteiger charge is 2.24. The zero-order chi connectivity index (χ0) is 12.3. The van der Waals surface area contributed by atoms with Crippen LogP contribution in [0.15, 0.2) is 21.9 Å². The largest absolute Gasteiger partial charge is 0.462 e. The maximum atomic E-state index is 13.5. The summed E-state index contributed by atoms with van der Waals surface area (Å²) in [5.41, 5.74) is -1.79. The lowest BCUT2D eigenvalue weighted by atomic mass is 10.5. The smallest absolute Gasteiger partial charge is 0.362 e. The summed E-state index contributed by atoms with van der Waals surface area (Å²) >= 11 is 0. The first-order valence-electron chi connectivity index (χ1n) is 4.58. The SMILES string of the molecule is CCOC(=O)C(F)n1c(=O)ccn(C)c1=O. The van der Waals surface area contributed by atoms with E-state index in [1.165, 1.54) is 20.2 Å². The third-order valence-electron chi connectivity index (χ3n) is 1.89. The number of halogens is 1. The highest BCUT2D eigenvalue weighted by Crippen LogP contribution is 2.04. The van der Waals surface area contributed by atoms with Crippen LogP contribution in [-0.4, -0.2) is 21.7 Å². The van der Waals surface area contributed by atoms with Gasteiger partial charge in [0.15, 0.2) is 0 Å². The van der Waals surface area contributed by atoms with Gasteiger partial charge in [0.1, 0.15) is 0 Å². The monoisotopic (exact) mass is 230 g/mol. The molecule has 0 aliphatic rings. The topological polar surface area (TPSA) is 70.3 Å². The summed E-state index contributed by atoms with van der Waals surface area (Å²) in [6.07, 6.45) is -1.22. The Morgan fingerprint density at radius 3 is 2.75 bits per heavy atom. The van der Waals surface area contributed by atoms with Crippen molar-refractivity contribution in [3.8, 4) is 0 Å². The van der Waals surface area contributed by atoms with Gasteiger partial charge >= 0.3 is 11.7 Å². The highest BCUT2D eigenvalue weighted by atomic mass is 19.1. The molecule has 0 bridgehead atoms. The molecular formula is C9H11FN2O4. The summed E-state index contributed by atoms with van der Waals surface area (Å²) in [6, 6.07) is 0.993. The van der Waals surface area contributed by atoms with E-state index in [1.807, 2.05) is 0 Å². The molecule has 0 fully saturated rings. The van der Waals surface area contributed by atoms with Gasteiger partial charge in [-0.05, 0) is 6.92 Å². The Morgan fingerprint density at radius 2 is 2.19 bits per heavy atom. The van der Waals surface area contributed by atoms with E-state index in [0.29, 0.717) is 0 Å². The summed E-state index contributed by atoms with van der Waals surface area (Å²) in [7, 11) is 1.34. The molecule has 0 radical (unpaired) electrons. The van der Waals surface area contributed by atoms with Crippen molar-refractivity contribution in [1.82, 2.24) is 9.13 Å². The van der Waals surface area contributed by atoms with Gasteiger partial charge in [-0.3, -0.25) is 4.79 Å². The lowest BCUT2D eigenvalue weighted by Gasteiger charge is -2.10. The van der Waals surface area contributed by atoms with Crippen LogP contribution in [-0.2, 0) is 16.6 Å². The van der Waals surface area contributed by atoms with Crippen LogP contribution in [0.2, 0.25) is 0 Å². The Hall–Kier alpha value is -1.92. The predicted molar refractivity (Wildman–Crippen MR) is 52.7 cm³/mol. The van der Waals surface area contributed by atoms with Crippen molar-refractivity contribution in [2.24, 2.45) is 7.05 Å². The van der Waals surface area contributed by atoms with Crippen LogP contribution in [0.1, 0.15) is 13.2 Å². The van der Waals surface area contributed by atoms with Gasteiger partial charge in [-0.25, -0.2) is 18.5 Å². The average molecular weight is 230 g/mol. The first kappa shape index (κ1) is 12.2. The Kier molecular flexibility index (Phi) is 3.60. The van der Waals surface area contributed by atoms with Gasteiger partial charge in [-0.2, -0.15) is 0 Å². The maximum absolute atomic E-state index is 13.5. The molecule has 1 unspecified atom stereocenters. The molecule has 1 aromatic heterocycles. The summed E-state index contributed by atoms with van der Waals surface area (Å²) in [5.74, 6) is -1.26. The molecule has 1 rings (SSSR count). The predicted octanol–water partition coefficient (Wildman–Crippen LogP) is -0.422. The molecule has 0 saturated heterocycles. The second kappa shape index (κ2) is 4.73. The molecule has 1 atom stereocenters.